The summed E-state index contributed by atoms with van der Waals surface area (Å²) >= 11 is 1.65. The first-order valence-corrected chi connectivity index (χ1v) is 6.19. The molecule has 18 heavy (non-hydrogen) atoms. The monoisotopic (exact) mass is 259 g/mol. The number of amidine groups is 1. The number of hydrogen-bond acceptors (Lipinski definition) is 4. The maximum absolute atomic E-state index is 8.67. The Kier molecular flexibility index (Phi) is 3.84. The minimum Gasteiger partial charge on any atom is -0.409 e. The molecule has 0 aliphatic heterocycles. The van der Waals surface area contributed by atoms with Crippen molar-refractivity contribution in [1.29, 1.82) is 0 Å². The molecule has 0 aliphatic carbocycles. The third kappa shape index (κ3) is 2.81. The summed E-state index contributed by atoms with van der Waals surface area (Å²) in [6, 6.07) is 9.73. The summed E-state index contributed by atoms with van der Waals surface area (Å²) in [6.45, 7) is 1.93. The lowest BCUT2D eigenvalue weighted by atomic mass is 10.1. The number of nitrogens with zero attached hydrogens (tertiary/aromatic N) is 2. The predicted molar refractivity (Wildman–Crippen MR) is 72.0 cm³/mol. The molecular formula is C13H13N3OS. The Morgan fingerprint density at radius 1 is 1.22 bits per heavy atom. The van der Waals surface area contributed by atoms with Crippen molar-refractivity contribution in [2.24, 2.45) is 10.9 Å². The molecule has 0 fully saturated rings. The van der Waals surface area contributed by atoms with Gasteiger partial charge in [0, 0.05) is 27.7 Å². The van der Waals surface area contributed by atoms with Crippen LogP contribution in [0.2, 0.25) is 0 Å². The molecule has 0 saturated heterocycles. The van der Waals surface area contributed by atoms with E-state index in [1.165, 1.54) is 0 Å². The molecule has 0 radical (unpaired) electrons. The molecule has 1 aromatic carbocycles. The van der Waals surface area contributed by atoms with Crippen LogP contribution in [0.25, 0.3) is 0 Å². The SMILES string of the molecule is Cc1cc(Sc2ccncc2)ccc1/C(N)=N/O. The Hall–Kier alpha value is -2.01. The summed E-state index contributed by atoms with van der Waals surface area (Å²) in [6.07, 6.45) is 3.53. The summed E-state index contributed by atoms with van der Waals surface area (Å²) in [4.78, 5) is 6.21. The Morgan fingerprint density at radius 2 is 1.94 bits per heavy atom. The maximum atomic E-state index is 8.67. The second-order valence-electron chi connectivity index (χ2n) is 3.75. The summed E-state index contributed by atoms with van der Waals surface area (Å²) in [5.41, 5.74) is 7.31. The first-order valence-electron chi connectivity index (χ1n) is 5.37. The highest BCUT2D eigenvalue weighted by Gasteiger charge is 2.05. The van der Waals surface area contributed by atoms with Gasteiger partial charge in [0.1, 0.15) is 0 Å². The number of hydrogen-bond donors (Lipinski definition) is 2. The summed E-state index contributed by atoms with van der Waals surface area (Å²) in [5.74, 6) is 0.132. The van der Waals surface area contributed by atoms with Gasteiger partial charge in [-0.05, 0) is 42.8 Å². The van der Waals surface area contributed by atoms with Crippen LogP contribution in [-0.4, -0.2) is 16.0 Å². The molecule has 0 spiro atoms. The van der Waals surface area contributed by atoms with E-state index in [1.807, 2.05) is 37.3 Å². The second-order valence-corrected chi connectivity index (χ2v) is 4.89. The zero-order valence-electron chi connectivity index (χ0n) is 9.87. The third-order valence-corrected chi connectivity index (χ3v) is 3.46. The van der Waals surface area contributed by atoms with E-state index in [-0.39, 0.29) is 5.84 Å². The molecule has 5 heteroatoms. The summed E-state index contributed by atoms with van der Waals surface area (Å²) in [5, 5.41) is 11.7. The van der Waals surface area contributed by atoms with Gasteiger partial charge in [0.2, 0.25) is 0 Å². The Labute approximate surface area is 110 Å². The first kappa shape index (κ1) is 12.4. The highest BCUT2D eigenvalue weighted by molar-refractivity contribution is 7.99. The van der Waals surface area contributed by atoms with Gasteiger partial charge < -0.3 is 10.9 Å². The van der Waals surface area contributed by atoms with Gasteiger partial charge in [0.25, 0.3) is 0 Å². The fraction of sp³-hybridized carbons (Fsp3) is 0.0769. The maximum Gasteiger partial charge on any atom is 0.170 e. The molecular weight excluding hydrogens is 246 g/mol. The van der Waals surface area contributed by atoms with Gasteiger partial charge in [-0.1, -0.05) is 16.9 Å². The van der Waals surface area contributed by atoms with Crippen LogP contribution in [0.3, 0.4) is 0 Å². The van der Waals surface area contributed by atoms with E-state index in [4.69, 9.17) is 10.9 Å². The second kappa shape index (κ2) is 5.55. The average Bonchev–Trinajstić information content (AvgIpc) is 2.39. The van der Waals surface area contributed by atoms with Crippen molar-refractivity contribution in [1.82, 2.24) is 4.98 Å². The molecule has 4 nitrogen and oxygen atoms in total. The molecule has 0 bridgehead atoms. The van der Waals surface area contributed by atoms with Gasteiger partial charge in [-0.15, -0.1) is 0 Å². The highest BCUT2D eigenvalue weighted by atomic mass is 32.2. The van der Waals surface area contributed by atoms with E-state index < -0.39 is 0 Å². The summed E-state index contributed by atoms with van der Waals surface area (Å²) < 4.78 is 0. The Balaban J connectivity index is 2.25. The normalized spacial score (nSPS) is 11.5. The van der Waals surface area contributed by atoms with Crippen molar-refractivity contribution in [2.75, 3.05) is 0 Å². The van der Waals surface area contributed by atoms with Crippen LogP contribution in [0.5, 0.6) is 0 Å². The summed E-state index contributed by atoms with van der Waals surface area (Å²) in [7, 11) is 0. The molecule has 2 aromatic rings. The Bertz CT molecular complexity index is 570. The number of pyridine rings is 1. The van der Waals surface area contributed by atoms with Crippen LogP contribution < -0.4 is 5.73 Å². The van der Waals surface area contributed by atoms with Crippen molar-refractivity contribution in [2.45, 2.75) is 16.7 Å². The van der Waals surface area contributed by atoms with Crippen molar-refractivity contribution >= 4 is 17.6 Å². The van der Waals surface area contributed by atoms with Crippen molar-refractivity contribution in [3.05, 3.63) is 53.9 Å². The minimum atomic E-state index is 0.132. The third-order valence-electron chi connectivity index (χ3n) is 2.47. The molecule has 0 aliphatic rings. The van der Waals surface area contributed by atoms with Gasteiger partial charge in [-0.3, -0.25) is 4.98 Å². The molecule has 0 unspecified atom stereocenters. The fourth-order valence-corrected chi connectivity index (χ4v) is 2.49. The van der Waals surface area contributed by atoms with E-state index >= 15 is 0 Å². The zero-order valence-corrected chi connectivity index (χ0v) is 10.7. The fourth-order valence-electron chi connectivity index (χ4n) is 1.58. The molecule has 3 N–H and O–H groups in total. The molecule has 0 amide bonds. The predicted octanol–water partition coefficient (Wildman–Crippen LogP) is 2.64. The molecule has 1 aromatic heterocycles. The molecule has 92 valence electrons. The van der Waals surface area contributed by atoms with Crippen LogP contribution in [0, 0.1) is 6.92 Å². The van der Waals surface area contributed by atoms with E-state index in [1.54, 1.807) is 24.2 Å². The van der Waals surface area contributed by atoms with E-state index in [0.29, 0.717) is 0 Å². The number of aromatic nitrogens is 1. The largest absolute Gasteiger partial charge is 0.409 e. The molecule has 1 heterocycles. The average molecular weight is 259 g/mol. The topological polar surface area (TPSA) is 71.5 Å². The van der Waals surface area contributed by atoms with Gasteiger partial charge in [-0.25, -0.2) is 0 Å². The van der Waals surface area contributed by atoms with Crippen LogP contribution in [0.1, 0.15) is 11.1 Å². The minimum absolute atomic E-state index is 0.132. The molecule has 2 rings (SSSR count). The highest BCUT2D eigenvalue weighted by Crippen LogP contribution is 2.28. The number of nitrogens with two attached hydrogens (primary N) is 1. The number of rotatable bonds is 3. The van der Waals surface area contributed by atoms with Gasteiger partial charge >= 0.3 is 0 Å². The number of oxime groups is 1. The lowest BCUT2D eigenvalue weighted by Gasteiger charge is -2.07. The van der Waals surface area contributed by atoms with Gasteiger partial charge in [-0.2, -0.15) is 0 Å². The van der Waals surface area contributed by atoms with E-state index in [9.17, 15) is 0 Å². The lowest BCUT2D eigenvalue weighted by molar-refractivity contribution is 0.318. The van der Waals surface area contributed by atoms with Crippen LogP contribution in [-0.2, 0) is 0 Å². The molecule has 0 atom stereocenters. The van der Waals surface area contributed by atoms with E-state index in [0.717, 1.165) is 20.9 Å². The smallest absolute Gasteiger partial charge is 0.170 e. The zero-order chi connectivity index (χ0) is 13.0. The quantitative estimate of drug-likeness (QED) is 0.385. The molecule has 0 saturated carbocycles. The Morgan fingerprint density at radius 3 is 2.56 bits per heavy atom. The standard InChI is InChI=1S/C13H13N3OS/c1-9-8-11(2-3-12(9)13(14)16-17)18-10-4-6-15-7-5-10/h2-8,17H,1H3,(H2,14,16). The van der Waals surface area contributed by atoms with Crippen molar-refractivity contribution in [3.8, 4) is 0 Å². The van der Waals surface area contributed by atoms with E-state index in [2.05, 4.69) is 10.1 Å². The van der Waals surface area contributed by atoms with Gasteiger partial charge in [0.05, 0.1) is 0 Å². The van der Waals surface area contributed by atoms with Crippen LogP contribution in [0.15, 0.2) is 57.7 Å². The number of aryl methyl sites for hydroxylation is 1. The van der Waals surface area contributed by atoms with Gasteiger partial charge in [0.15, 0.2) is 5.84 Å². The van der Waals surface area contributed by atoms with Crippen molar-refractivity contribution in [3.63, 3.8) is 0 Å². The van der Waals surface area contributed by atoms with Crippen LogP contribution in [0.4, 0.5) is 0 Å². The van der Waals surface area contributed by atoms with Crippen LogP contribution >= 0.6 is 11.8 Å². The first-order chi connectivity index (χ1) is 8.70. The lowest BCUT2D eigenvalue weighted by Crippen LogP contribution is -2.14. The number of benzene rings is 1. The van der Waals surface area contributed by atoms with Crippen molar-refractivity contribution < 1.29 is 5.21 Å².